The first-order chi connectivity index (χ1) is 15.6. The third-order valence-corrected chi connectivity index (χ3v) is 5.62. The minimum atomic E-state index is -4.89. The number of alkyl halides is 3. The number of aryl methyl sites for hydroxylation is 1. The lowest BCUT2D eigenvalue weighted by atomic mass is 9.74. The number of aliphatic carboxylic acids is 1. The number of benzene rings is 2. The first-order valence-corrected chi connectivity index (χ1v) is 10.0. The fourth-order valence-corrected chi connectivity index (χ4v) is 3.84. The topological polar surface area (TPSA) is 63.1 Å². The van der Waals surface area contributed by atoms with E-state index in [-0.39, 0.29) is 5.69 Å². The van der Waals surface area contributed by atoms with E-state index in [1.165, 1.54) is 6.08 Å². The van der Waals surface area contributed by atoms with Crippen molar-refractivity contribution < 1.29 is 27.5 Å². The van der Waals surface area contributed by atoms with Crippen molar-refractivity contribution >= 4 is 11.5 Å². The Kier molecular flexibility index (Phi) is 5.61. The SMILES string of the molecule is Cc1ccccc1-c1cc(C(F)(F)F)nc(C2(C(=O)O)CC(c3ccccc3)=CC=C2F)n1. The van der Waals surface area contributed by atoms with Crippen LogP contribution in [0.25, 0.3) is 16.8 Å². The quantitative estimate of drug-likeness (QED) is 0.482. The van der Waals surface area contributed by atoms with Crippen LogP contribution >= 0.6 is 0 Å². The van der Waals surface area contributed by atoms with Gasteiger partial charge in [-0.05, 0) is 35.8 Å². The minimum absolute atomic E-state index is 0.130. The molecular weight excluding hydrogens is 436 g/mol. The Balaban J connectivity index is 1.96. The van der Waals surface area contributed by atoms with Crippen molar-refractivity contribution in [2.24, 2.45) is 0 Å². The van der Waals surface area contributed by atoms with E-state index in [0.717, 1.165) is 12.1 Å². The van der Waals surface area contributed by atoms with Crippen LogP contribution < -0.4 is 0 Å². The molecule has 3 aromatic rings. The van der Waals surface area contributed by atoms with Crippen molar-refractivity contribution in [2.45, 2.75) is 24.9 Å². The van der Waals surface area contributed by atoms with E-state index in [1.807, 2.05) is 0 Å². The van der Waals surface area contributed by atoms with Crippen molar-refractivity contribution in [3.63, 3.8) is 0 Å². The lowest BCUT2D eigenvalue weighted by molar-refractivity contribution is -0.145. The lowest BCUT2D eigenvalue weighted by Gasteiger charge is -2.31. The molecule has 0 saturated heterocycles. The monoisotopic (exact) mass is 454 g/mol. The van der Waals surface area contributed by atoms with Crippen LogP contribution in [0.4, 0.5) is 17.6 Å². The molecule has 1 N–H and O–H groups in total. The predicted octanol–water partition coefficient (Wildman–Crippen LogP) is 6.13. The van der Waals surface area contributed by atoms with Crippen LogP contribution in [0.3, 0.4) is 0 Å². The number of carboxylic acids is 1. The molecule has 1 unspecified atom stereocenters. The summed E-state index contributed by atoms with van der Waals surface area (Å²) in [6.07, 6.45) is -2.95. The van der Waals surface area contributed by atoms with Crippen LogP contribution in [0, 0.1) is 6.92 Å². The number of halogens is 4. The molecule has 0 fully saturated rings. The number of aromatic nitrogens is 2. The van der Waals surface area contributed by atoms with Gasteiger partial charge in [-0.3, -0.25) is 4.79 Å². The molecule has 33 heavy (non-hydrogen) atoms. The first kappa shape index (κ1) is 22.4. The van der Waals surface area contributed by atoms with E-state index in [2.05, 4.69) is 9.97 Å². The Morgan fingerprint density at radius 3 is 2.30 bits per heavy atom. The van der Waals surface area contributed by atoms with Crippen LogP contribution in [0.2, 0.25) is 0 Å². The molecule has 4 nitrogen and oxygen atoms in total. The molecule has 0 bridgehead atoms. The molecule has 8 heteroatoms. The summed E-state index contributed by atoms with van der Waals surface area (Å²) in [4.78, 5) is 20.2. The van der Waals surface area contributed by atoms with Crippen LogP contribution in [0.5, 0.6) is 0 Å². The third-order valence-electron chi connectivity index (χ3n) is 5.62. The molecule has 0 spiro atoms. The summed E-state index contributed by atoms with van der Waals surface area (Å²) >= 11 is 0. The van der Waals surface area contributed by atoms with Gasteiger partial charge in [0, 0.05) is 12.0 Å². The van der Waals surface area contributed by atoms with Crippen molar-refractivity contribution in [2.75, 3.05) is 0 Å². The summed E-state index contributed by atoms with van der Waals surface area (Å²) in [6, 6.07) is 16.0. The summed E-state index contributed by atoms with van der Waals surface area (Å²) in [6.45, 7) is 1.69. The lowest BCUT2D eigenvalue weighted by Crippen LogP contribution is -2.40. The second kappa shape index (κ2) is 8.27. The van der Waals surface area contributed by atoms with Crippen molar-refractivity contribution in [3.8, 4) is 11.3 Å². The zero-order chi connectivity index (χ0) is 23.8. The summed E-state index contributed by atoms with van der Waals surface area (Å²) < 4.78 is 56.5. The Bertz CT molecular complexity index is 1280. The Morgan fingerprint density at radius 1 is 1.00 bits per heavy atom. The number of nitrogens with zero attached hydrogens (tertiary/aromatic N) is 2. The van der Waals surface area contributed by atoms with Crippen LogP contribution in [0.1, 0.15) is 29.1 Å². The Labute approximate surface area is 187 Å². The maximum atomic E-state index is 15.2. The van der Waals surface area contributed by atoms with E-state index >= 15 is 4.39 Å². The highest BCUT2D eigenvalue weighted by molar-refractivity contribution is 5.89. The van der Waals surface area contributed by atoms with E-state index in [1.54, 1.807) is 61.5 Å². The molecule has 1 aromatic heterocycles. The molecule has 4 rings (SSSR count). The summed E-state index contributed by atoms with van der Waals surface area (Å²) in [5.74, 6) is -3.56. The van der Waals surface area contributed by atoms with Gasteiger partial charge in [0.2, 0.25) is 0 Å². The molecule has 168 valence electrons. The Morgan fingerprint density at radius 2 is 1.67 bits per heavy atom. The summed E-state index contributed by atoms with van der Waals surface area (Å²) in [5.41, 5.74) is -1.91. The van der Waals surface area contributed by atoms with Gasteiger partial charge in [0.05, 0.1) is 5.69 Å². The van der Waals surface area contributed by atoms with E-state index in [9.17, 15) is 23.1 Å². The largest absolute Gasteiger partial charge is 0.480 e. The number of carbonyl (C=O) groups is 1. The number of allylic oxidation sites excluding steroid dienone is 3. The van der Waals surface area contributed by atoms with Crippen LogP contribution in [-0.4, -0.2) is 21.0 Å². The molecule has 0 saturated carbocycles. The number of rotatable bonds is 4. The first-order valence-electron chi connectivity index (χ1n) is 10.0. The van der Waals surface area contributed by atoms with Crippen molar-refractivity contribution in [1.29, 1.82) is 0 Å². The number of carboxylic acid groups (broad SMARTS) is 1. The molecule has 1 heterocycles. The van der Waals surface area contributed by atoms with Gasteiger partial charge in [-0.15, -0.1) is 0 Å². The maximum Gasteiger partial charge on any atom is 0.433 e. The standard InChI is InChI=1S/C25H18F4N2O2/c1-15-7-5-6-10-18(15)19-13-21(25(27,28)29)31-22(30-19)24(23(32)33)14-17(11-12-20(24)26)16-8-3-2-4-9-16/h2-13H,14H2,1H3,(H,32,33). The minimum Gasteiger partial charge on any atom is -0.480 e. The third kappa shape index (κ3) is 4.04. The second-order valence-corrected chi connectivity index (χ2v) is 7.73. The molecular formula is C25H18F4N2O2. The van der Waals surface area contributed by atoms with E-state index in [4.69, 9.17) is 0 Å². The highest BCUT2D eigenvalue weighted by Gasteiger charge is 2.51. The molecule has 0 amide bonds. The van der Waals surface area contributed by atoms with Gasteiger partial charge in [-0.25, -0.2) is 14.4 Å². The number of hydrogen-bond donors (Lipinski definition) is 1. The summed E-state index contributed by atoms with van der Waals surface area (Å²) in [5, 5.41) is 10.1. The molecule has 1 aliphatic rings. The van der Waals surface area contributed by atoms with Gasteiger partial charge >= 0.3 is 12.1 Å². The van der Waals surface area contributed by atoms with Gasteiger partial charge < -0.3 is 5.11 Å². The normalized spacial score (nSPS) is 18.5. The van der Waals surface area contributed by atoms with Crippen molar-refractivity contribution in [1.82, 2.24) is 9.97 Å². The van der Waals surface area contributed by atoms with Crippen LogP contribution in [-0.2, 0) is 16.4 Å². The summed E-state index contributed by atoms with van der Waals surface area (Å²) in [7, 11) is 0. The molecule has 2 aromatic carbocycles. The highest BCUT2D eigenvalue weighted by atomic mass is 19.4. The average Bonchev–Trinajstić information content (AvgIpc) is 2.79. The molecule has 1 aliphatic carbocycles. The van der Waals surface area contributed by atoms with Crippen molar-refractivity contribution in [3.05, 3.63) is 101 Å². The maximum absolute atomic E-state index is 15.2. The predicted molar refractivity (Wildman–Crippen MR) is 115 cm³/mol. The van der Waals surface area contributed by atoms with Gasteiger partial charge in [0.15, 0.2) is 11.2 Å². The zero-order valence-corrected chi connectivity index (χ0v) is 17.4. The van der Waals surface area contributed by atoms with Gasteiger partial charge in [-0.1, -0.05) is 60.7 Å². The number of hydrogen-bond acceptors (Lipinski definition) is 3. The molecule has 1 atom stereocenters. The van der Waals surface area contributed by atoms with E-state index < -0.39 is 41.3 Å². The fraction of sp³-hybridized carbons (Fsp3) is 0.160. The molecule has 0 radical (unpaired) electrons. The highest BCUT2D eigenvalue weighted by Crippen LogP contribution is 2.45. The van der Waals surface area contributed by atoms with E-state index in [0.29, 0.717) is 22.3 Å². The van der Waals surface area contributed by atoms with Crippen LogP contribution in [0.15, 0.2) is 78.6 Å². The smallest absolute Gasteiger partial charge is 0.433 e. The van der Waals surface area contributed by atoms with Gasteiger partial charge in [0.25, 0.3) is 0 Å². The average molecular weight is 454 g/mol. The molecule has 0 aliphatic heterocycles. The zero-order valence-electron chi connectivity index (χ0n) is 17.4. The fourth-order valence-electron chi connectivity index (χ4n) is 3.84. The Hall–Kier alpha value is -3.81. The second-order valence-electron chi connectivity index (χ2n) is 7.73. The van der Waals surface area contributed by atoms with Gasteiger partial charge in [-0.2, -0.15) is 13.2 Å². The van der Waals surface area contributed by atoms with Gasteiger partial charge in [0.1, 0.15) is 11.5 Å².